The van der Waals surface area contributed by atoms with Crippen molar-refractivity contribution in [2.24, 2.45) is 0 Å². The van der Waals surface area contributed by atoms with Crippen LogP contribution in [-0.4, -0.2) is 37.1 Å². The van der Waals surface area contributed by atoms with Crippen LogP contribution in [0.25, 0.3) is 0 Å². The molecule has 0 saturated heterocycles. The van der Waals surface area contributed by atoms with E-state index in [1.807, 2.05) is 39.0 Å². The van der Waals surface area contributed by atoms with Crippen LogP contribution in [0, 0.1) is 0 Å². The van der Waals surface area contributed by atoms with Crippen molar-refractivity contribution in [3.8, 4) is 0 Å². The average molecular weight is 349 g/mol. The maximum Gasteiger partial charge on any atom is 0.407 e. The Balaban J connectivity index is 1.53. The van der Waals surface area contributed by atoms with E-state index in [1.54, 1.807) is 0 Å². The third-order valence-electron chi connectivity index (χ3n) is 4.09. The molecule has 5 heteroatoms. The molecule has 5 nitrogen and oxygen atoms in total. The van der Waals surface area contributed by atoms with Gasteiger partial charge in [0.15, 0.2) is 0 Å². The molecule has 0 atom stereocenters. The van der Waals surface area contributed by atoms with Gasteiger partial charge in [-0.2, -0.15) is 0 Å². The predicted molar refractivity (Wildman–Crippen MR) is 97.5 cm³/mol. The van der Waals surface area contributed by atoms with Gasteiger partial charge in [0.2, 0.25) is 0 Å². The lowest BCUT2D eigenvalue weighted by Crippen LogP contribution is -2.42. The Bertz CT molecular complexity index is 504. The summed E-state index contributed by atoms with van der Waals surface area (Å²) in [5.74, 6) is 0. The van der Waals surface area contributed by atoms with Crippen LogP contribution < -0.4 is 5.32 Å². The molecule has 0 bridgehead atoms. The van der Waals surface area contributed by atoms with E-state index in [0.29, 0.717) is 19.8 Å². The van der Waals surface area contributed by atoms with Crippen molar-refractivity contribution in [1.82, 2.24) is 5.32 Å². The molecule has 1 aromatic rings. The van der Waals surface area contributed by atoms with Crippen LogP contribution in [0.3, 0.4) is 0 Å². The second-order valence-electron chi connectivity index (χ2n) is 7.53. The molecule has 140 valence electrons. The molecule has 0 unspecified atom stereocenters. The first kappa shape index (κ1) is 19.7. The van der Waals surface area contributed by atoms with E-state index in [4.69, 9.17) is 14.2 Å². The standard InChI is InChI=1S/C20H31NO4/c1-20(2,3)25-19(22)21-17-9-11-18(12-10-17)24-14-13-23-15-16-7-5-4-6-8-16/h4-8,17-18H,9-15H2,1-3H3,(H,21,22)/t17-,18-. The molecule has 0 heterocycles. The maximum atomic E-state index is 11.8. The van der Waals surface area contributed by atoms with Crippen LogP contribution in [0.4, 0.5) is 4.79 Å². The van der Waals surface area contributed by atoms with Crippen molar-refractivity contribution in [2.45, 2.75) is 70.8 Å². The summed E-state index contributed by atoms with van der Waals surface area (Å²) in [5.41, 5.74) is 0.723. The van der Waals surface area contributed by atoms with Gasteiger partial charge in [0, 0.05) is 6.04 Å². The van der Waals surface area contributed by atoms with Gasteiger partial charge < -0.3 is 19.5 Å². The van der Waals surface area contributed by atoms with E-state index >= 15 is 0 Å². The quantitative estimate of drug-likeness (QED) is 0.754. The Labute approximate surface area is 151 Å². The number of rotatable bonds is 7. The SMILES string of the molecule is CC(C)(C)OC(=O)N[C@H]1CC[C@H](OCCOCc2ccccc2)CC1. The highest BCUT2D eigenvalue weighted by Gasteiger charge is 2.24. The molecule has 1 N–H and O–H groups in total. The third-order valence-corrected chi connectivity index (χ3v) is 4.09. The molecular weight excluding hydrogens is 318 g/mol. The lowest BCUT2D eigenvalue weighted by atomic mass is 9.93. The normalized spacial score (nSPS) is 20.9. The molecular formula is C20H31NO4. The predicted octanol–water partition coefficient (Wildman–Crippen LogP) is 4.06. The molecule has 0 aliphatic heterocycles. The molecule has 1 saturated carbocycles. The molecule has 1 aliphatic rings. The summed E-state index contributed by atoms with van der Waals surface area (Å²) >= 11 is 0. The Morgan fingerprint density at radius 1 is 1.08 bits per heavy atom. The summed E-state index contributed by atoms with van der Waals surface area (Å²) < 4.78 is 16.8. The van der Waals surface area contributed by atoms with Crippen LogP contribution >= 0.6 is 0 Å². The van der Waals surface area contributed by atoms with Crippen molar-refractivity contribution in [1.29, 1.82) is 0 Å². The molecule has 2 rings (SSSR count). The molecule has 1 amide bonds. The first-order valence-corrected chi connectivity index (χ1v) is 9.15. The monoisotopic (exact) mass is 349 g/mol. The highest BCUT2D eigenvalue weighted by atomic mass is 16.6. The molecule has 1 aromatic carbocycles. The molecule has 0 spiro atoms. The summed E-state index contributed by atoms with van der Waals surface area (Å²) in [4.78, 5) is 11.8. The summed E-state index contributed by atoms with van der Waals surface area (Å²) in [6.07, 6.45) is 3.70. The van der Waals surface area contributed by atoms with E-state index < -0.39 is 5.60 Å². The number of nitrogens with one attached hydrogen (secondary N) is 1. The molecule has 1 fully saturated rings. The van der Waals surface area contributed by atoms with Gasteiger partial charge in [-0.15, -0.1) is 0 Å². The highest BCUT2D eigenvalue weighted by Crippen LogP contribution is 2.21. The fourth-order valence-electron chi connectivity index (χ4n) is 2.89. The number of carbonyl (C=O) groups excluding carboxylic acids is 1. The van der Waals surface area contributed by atoms with E-state index in [9.17, 15) is 4.79 Å². The second kappa shape index (κ2) is 9.78. The zero-order valence-electron chi connectivity index (χ0n) is 15.6. The number of hydrogen-bond donors (Lipinski definition) is 1. The fraction of sp³-hybridized carbons (Fsp3) is 0.650. The topological polar surface area (TPSA) is 56.8 Å². The molecule has 0 radical (unpaired) electrons. The Kier molecular flexibility index (Phi) is 7.72. The van der Waals surface area contributed by atoms with Gasteiger partial charge in [-0.25, -0.2) is 4.79 Å². The van der Waals surface area contributed by atoms with Gasteiger partial charge in [0.1, 0.15) is 5.60 Å². The van der Waals surface area contributed by atoms with Gasteiger partial charge in [-0.05, 0) is 52.0 Å². The summed E-state index contributed by atoms with van der Waals surface area (Å²) in [6.45, 7) is 7.45. The summed E-state index contributed by atoms with van der Waals surface area (Å²) in [6, 6.07) is 10.3. The van der Waals surface area contributed by atoms with Gasteiger partial charge in [0.05, 0.1) is 25.9 Å². The van der Waals surface area contributed by atoms with Crippen LogP contribution in [0.1, 0.15) is 52.0 Å². The number of amides is 1. The van der Waals surface area contributed by atoms with E-state index in [0.717, 1.165) is 25.7 Å². The number of ether oxygens (including phenoxy) is 3. The number of benzene rings is 1. The maximum absolute atomic E-state index is 11.8. The van der Waals surface area contributed by atoms with Crippen LogP contribution in [0.2, 0.25) is 0 Å². The van der Waals surface area contributed by atoms with Gasteiger partial charge >= 0.3 is 6.09 Å². The first-order chi connectivity index (χ1) is 11.9. The minimum Gasteiger partial charge on any atom is -0.444 e. The minimum atomic E-state index is -0.454. The second-order valence-corrected chi connectivity index (χ2v) is 7.53. The van der Waals surface area contributed by atoms with E-state index in [2.05, 4.69) is 17.4 Å². The van der Waals surface area contributed by atoms with E-state index in [-0.39, 0.29) is 18.2 Å². The van der Waals surface area contributed by atoms with Gasteiger partial charge in [-0.1, -0.05) is 30.3 Å². The van der Waals surface area contributed by atoms with Crippen molar-refractivity contribution in [3.05, 3.63) is 35.9 Å². The van der Waals surface area contributed by atoms with Crippen molar-refractivity contribution in [2.75, 3.05) is 13.2 Å². The first-order valence-electron chi connectivity index (χ1n) is 9.15. The van der Waals surface area contributed by atoms with Crippen LogP contribution in [0.5, 0.6) is 0 Å². The van der Waals surface area contributed by atoms with Crippen LogP contribution in [-0.2, 0) is 20.8 Å². The Morgan fingerprint density at radius 2 is 1.76 bits per heavy atom. The lowest BCUT2D eigenvalue weighted by Gasteiger charge is -2.30. The largest absolute Gasteiger partial charge is 0.444 e. The highest BCUT2D eigenvalue weighted by molar-refractivity contribution is 5.68. The van der Waals surface area contributed by atoms with Crippen molar-refractivity contribution >= 4 is 6.09 Å². The Hall–Kier alpha value is -1.59. The molecule has 25 heavy (non-hydrogen) atoms. The molecule has 0 aromatic heterocycles. The Morgan fingerprint density at radius 3 is 2.40 bits per heavy atom. The minimum absolute atomic E-state index is 0.184. The number of carbonyl (C=O) groups is 1. The third kappa shape index (κ3) is 8.36. The number of hydrogen-bond acceptors (Lipinski definition) is 4. The van der Waals surface area contributed by atoms with Crippen LogP contribution in [0.15, 0.2) is 30.3 Å². The fourth-order valence-corrected chi connectivity index (χ4v) is 2.89. The smallest absolute Gasteiger partial charge is 0.407 e. The van der Waals surface area contributed by atoms with Crippen molar-refractivity contribution < 1.29 is 19.0 Å². The van der Waals surface area contributed by atoms with E-state index in [1.165, 1.54) is 5.56 Å². The summed E-state index contributed by atoms with van der Waals surface area (Å²) in [7, 11) is 0. The van der Waals surface area contributed by atoms with Gasteiger partial charge in [0.25, 0.3) is 0 Å². The van der Waals surface area contributed by atoms with Gasteiger partial charge in [-0.3, -0.25) is 0 Å². The molecule has 1 aliphatic carbocycles. The zero-order chi connectivity index (χ0) is 18.1. The lowest BCUT2D eigenvalue weighted by molar-refractivity contribution is -0.0177. The van der Waals surface area contributed by atoms with Crippen molar-refractivity contribution in [3.63, 3.8) is 0 Å². The summed E-state index contributed by atoms with van der Waals surface area (Å²) in [5, 5.41) is 2.95. The zero-order valence-corrected chi connectivity index (χ0v) is 15.6. The average Bonchev–Trinajstić information content (AvgIpc) is 2.55. The number of alkyl carbamates (subject to hydrolysis) is 1.